The van der Waals surface area contributed by atoms with Crippen LogP contribution in [-0.2, 0) is 21.4 Å². The van der Waals surface area contributed by atoms with Gasteiger partial charge in [-0.2, -0.15) is 0 Å². The Morgan fingerprint density at radius 3 is 2.94 bits per heavy atom. The molecule has 1 fully saturated rings. The molecule has 18 heavy (non-hydrogen) atoms. The summed E-state index contributed by atoms with van der Waals surface area (Å²) in [5, 5.41) is 14.6. The van der Waals surface area contributed by atoms with Crippen molar-refractivity contribution in [1.82, 2.24) is 5.32 Å². The molecule has 2 aliphatic carbocycles. The summed E-state index contributed by atoms with van der Waals surface area (Å²) in [7, 11) is 0. The van der Waals surface area contributed by atoms with E-state index < -0.39 is 11.3 Å². The molecule has 1 aromatic carbocycles. The predicted molar refractivity (Wildman–Crippen MR) is 61.1 cm³/mol. The van der Waals surface area contributed by atoms with Crippen molar-refractivity contribution in [3.8, 4) is 0 Å². The first-order valence-electron chi connectivity index (χ1n) is 6.06. The summed E-state index contributed by atoms with van der Waals surface area (Å²) in [5.74, 6) is -1.09. The third-order valence-corrected chi connectivity index (χ3v) is 4.32. The van der Waals surface area contributed by atoms with E-state index >= 15 is 0 Å². The van der Waals surface area contributed by atoms with Crippen LogP contribution in [-0.4, -0.2) is 11.8 Å². The molecular weight excluding hydrogens is 230 g/mol. The summed E-state index contributed by atoms with van der Waals surface area (Å²) in [6, 6.07) is 5.50. The molecule has 4 rings (SSSR count). The number of nitrogens with one attached hydrogen (secondary N) is 1. The minimum absolute atomic E-state index is 0.148. The smallest absolute Gasteiger partial charge is 0.254 e. The molecule has 90 valence electrons. The van der Waals surface area contributed by atoms with Crippen LogP contribution in [0.1, 0.15) is 29.5 Å². The highest BCUT2D eigenvalue weighted by atomic mass is 16.3. The Morgan fingerprint density at radius 1 is 1.28 bits per heavy atom. The van der Waals surface area contributed by atoms with Crippen LogP contribution in [0.5, 0.6) is 0 Å². The molecule has 1 unspecified atom stereocenters. The van der Waals surface area contributed by atoms with Gasteiger partial charge < -0.3 is 5.11 Å². The third-order valence-electron chi connectivity index (χ3n) is 4.32. The van der Waals surface area contributed by atoms with Crippen LogP contribution in [0.15, 0.2) is 23.8 Å². The predicted octanol–water partition coefficient (Wildman–Crippen LogP) is 0.00210. The zero-order valence-corrected chi connectivity index (χ0v) is 9.58. The molecule has 2 amide bonds. The van der Waals surface area contributed by atoms with E-state index in [2.05, 4.69) is 5.32 Å². The summed E-state index contributed by atoms with van der Waals surface area (Å²) in [5.41, 5.74) is 1.55. The highest BCUT2D eigenvalue weighted by Crippen LogP contribution is 2.53. The molecule has 0 saturated carbocycles. The lowest BCUT2D eigenvalue weighted by molar-refractivity contribution is -0.244. The number of amides is 2. The Bertz CT molecular complexity index is 659. The molecule has 1 spiro atoms. The van der Waals surface area contributed by atoms with E-state index in [0.717, 1.165) is 24.0 Å². The van der Waals surface area contributed by atoms with Gasteiger partial charge in [-0.05, 0) is 36.0 Å². The van der Waals surface area contributed by atoms with Crippen molar-refractivity contribution >= 4 is 17.6 Å². The average molecular weight is 240 g/mol. The Labute approximate surface area is 103 Å². The lowest BCUT2D eigenvalue weighted by atomic mass is 9.69. The molecule has 1 N–H and O–H groups in total. The maximum absolute atomic E-state index is 12.3. The van der Waals surface area contributed by atoms with Gasteiger partial charge in [0.15, 0.2) is 0 Å². The first-order valence-corrected chi connectivity index (χ1v) is 6.06. The van der Waals surface area contributed by atoms with Gasteiger partial charge in [-0.1, -0.05) is 24.0 Å². The van der Waals surface area contributed by atoms with Crippen molar-refractivity contribution in [2.24, 2.45) is 0 Å². The number of carbonyl (C=O) groups excluding carboxylic acids is 2. The van der Waals surface area contributed by atoms with Crippen LogP contribution in [0, 0.1) is 0 Å². The largest absolute Gasteiger partial charge is 0.872 e. The Morgan fingerprint density at radius 2 is 2.11 bits per heavy atom. The monoisotopic (exact) mass is 240 g/mol. The third kappa shape index (κ3) is 0.827. The van der Waals surface area contributed by atoms with Gasteiger partial charge in [-0.25, -0.2) is 0 Å². The van der Waals surface area contributed by atoms with Crippen LogP contribution in [0.2, 0.25) is 0 Å². The first-order chi connectivity index (χ1) is 8.66. The molecule has 0 aromatic heterocycles. The summed E-state index contributed by atoms with van der Waals surface area (Å²) in [6.45, 7) is 0. The Balaban J connectivity index is 2.17. The molecular formula is C14H10NO3-. The summed E-state index contributed by atoms with van der Waals surface area (Å²) >= 11 is 0. The zero-order valence-electron chi connectivity index (χ0n) is 9.58. The number of hydrogen-bond acceptors (Lipinski definition) is 3. The second kappa shape index (κ2) is 2.83. The lowest BCUT2D eigenvalue weighted by Gasteiger charge is -2.31. The van der Waals surface area contributed by atoms with E-state index in [9.17, 15) is 14.7 Å². The van der Waals surface area contributed by atoms with Crippen molar-refractivity contribution in [2.75, 3.05) is 0 Å². The second-order valence-corrected chi connectivity index (χ2v) is 5.09. The minimum Gasteiger partial charge on any atom is -0.872 e. The molecule has 1 atom stereocenters. The van der Waals surface area contributed by atoms with Gasteiger partial charge in [-0.3, -0.25) is 14.9 Å². The summed E-state index contributed by atoms with van der Waals surface area (Å²) in [6.07, 6.45) is 2.26. The van der Waals surface area contributed by atoms with Gasteiger partial charge in [0.05, 0.1) is 0 Å². The number of rotatable bonds is 0. The standard InChI is InChI=1S/C14H11NO3/c16-11-8-5-1-3-7-4-2-6-14(9(7)8)10(11)12(17)15-13(14)18/h1,3,5,16H,2,4,6H2,(H,15,17,18)/p-1. The van der Waals surface area contributed by atoms with Crippen LogP contribution in [0.25, 0.3) is 5.76 Å². The normalized spacial score (nSPS) is 28.2. The maximum Gasteiger partial charge on any atom is 0.254 e. The molecule has 4 heteroatoms. The van der Waals surface area contributed by atoms with Gasteiger partial charge in [0.1, 0.15) is 5.41 Å². The highest BCUT2D eigenvalue weighted by Gasteiger charge is 2.57. The fourth-order valence-electron chi connectivity index (χ4n) is 3.66. The zero-order chi connectivity index (χ0) is 12.5. The molecule has 4 nitrogen and oxygen atoms in total. The van der Waals surface area contributed by atoms with E-state index in [0.29, 0.717) is 12.0 Å². The molecule has 1 aromatic rings. The van der Waals surface area contributed by atoms with Crippen LogP contribution >= 0.6 is 0 Å². The minimum atomic E-state index is -0.974. The van der Waals surface area contributed by atoms with Gasteiger partial charge >= 0.3 is 0 Å². The molecule has 1 heterocycles. The van der Waals surface area contributed by atoms with Gasteiger partial charge in [0.2, 0.25) is 5.91 Å². The first kappa shape index (κ1) is 9.88. The average Bonchev–Trinajstić information content (AvgIpc) is 2.76. The van der Waals surface area contributed by atoms with E-state index in [1.165, 1.54) is 0 Å². The second-order valence-electron chi connectivity index (χ2n) is 5.09. The van der Waals surface area contributed by atoms with E-state index in [1.807, 2.05) is 12.1 Å². The molecule has 0 bridgehead atoms. The molecule has 1 saturated heterocycles. The summed E-state index contributed by atoms with van der Waals surface area (Å²) in [4.78, 5) is 24.1. The number of aryl methyl sites for hydroxylation is 1. The van der Waals surface area contributed by atoms with E-state index in [1.54, 1.807) is 6.07 Å². The molecule has 3 aliphatic rings. The van der Waals surface area contributed by atoms with Crippen LogP contribution < -0.4 is 10.4 Å². The van der Waals surface area contributed by atoms with Gasteiger partial charge in [0.25, 0.3) is 5.91 Å². The number of hydrogen-bond donors (Lipinski definition) is 1. The Kier molecular flexibility index (Phi) is 1.55. The quantitative estimate of drug-likeness (QED) is 0.649. The topological polar surface area (TPSA) is 69.2 Å². The van der Waals surface area contributed by atoms with Crippen LogP contribution in [0.4, 0.5) is 0 Å². The van der Waals surface area contributed by atoms with E-state index in [4.69, 9.17) is 0 Å². The van der Waals surface area contributed by atoms with Crippen molar-refractivity contribution in [2.45, 2.75) is 24.7 Å². The Hall–Kier alpha value is -2.10. The van der Waals surface area contributed by atoms with Crippen molar-refractivity contribution in [3.05, 3.63) is 40.5 Å². The van der Waals surface area contributed by atoms with Gasteiger partial charge in [0, 0.05) is 5.57 Å². The van der Waals surface area contributed by atoms with E-state index in [-0.39, 0.29) is 17.2 Å². The summed E-state index contributed by atoms with van der Waals surface area (Å²) < 4.78 is 0. The highest BCUT2D eigenvalue weighted by molar-refractivity contribution is 6.25. The van der Waals surface area contributed by atoms with Crippen molar-refractivity contribution in [3.63, 3.8) is 0 Å². The van der Waals surface area contributed by atoms with Crippen molar-refractivity contribution < 1.29 is 14.7 Å². The van der Waals surface area contributed by atoms with Crippen molar-refractivity contribution in [1.29, 1.82) is 0 Å². The van der Waals surface area contributed by atoms with Gasteiger partial charge in [-0.15, -0.1) is 0 Å². The number of carbonyl (C=O) groups is 2. The lowest BCUT2D eigenvalue weighted by Crippen LogP contribution is -2.38. The fourth-order valence-corrected chi connectivity index (χ4v) is 3.66. The fraction of sp³-hybridized carbons (Fsp3) is 0.286. The molecule has 0 radical (unpaired) electrons. The SMILES string of the molecule is O=C1NC(=O)C23CCCc4cccc(c42)C([O-])=C13. The number of benzene rings is 1. The molecule has 1 aliphatic heterocycles. The maximum atomic E-state index is 12.3. The van der Waals surface area contributed by atoms with Crippen LogP contribution in [0.3, 0.4) is 0 Å². The number of imide groups is 1.